The zero-order valence-electron chi connectivity index (χ0n) is 11.6. The second kappa shape index (κ2) is 5.51. The molecule has 1 aromatic heterocycles. The maximum absolute atomic E-state index is 8.65. The first-order valence-corrected chi connectivity index (χ1v) is 7.57. The molecule has 5 heteroatoms. The number of nitrogens with two attached hydrogens (primary N) is 1. The van der Waals surface area contributed by atoms with Crippen LogP contribution in [0.15, 0.2) is 22.7 Å². The van der Waals surface area contributed by atoms with Gasteiger partial charge in [0.2, 0.25) is 0 Å². The van der Waals surface area contributed by atoms with E-state index in [0.717, 1.165) is 25.9 Å². The largest absolute Gasteiger partial charge is 0.409 e. The van der Waals surface area contributed by atoms with Crippen molar-refractivity contribution >= 4 is 17.2 Å². The van der Waals surface area contributed by atoms with E-state index in [2.05, 4.69) is 41.8 Å². The van der Waals surface area contributed by atoms with E-state index in [1.807, 2.05) is 0 Å². The van der Waals surface area contributed by atoms with E-state index in [1.54, 1.807) is 11.3 Å². The van der Waals surface area contributed by atoms with Crippen LogP contribution in [0.5, 0.6) is 0 Å². The third kappa shape index (κ3) is 3.70. The number of hydrogen-bond acceptors (Lipinski definition) is 4. The van der Waals surface area contributed by atoms with Crippen molar-refractivity contribution in [3.05, 3.63) is 22.4 Å². The summed E-state index contributed by atoms with van der Waals surface area (Å²) in [6.45, 7) is 6.41. The molecule has 2 rings (SSSR count). The summed E-state index contributed by atoms with van der Waals surface area (Å²) in [6.07, 6.45) is 3.02. The van der Waals surface area contributed by atoms with Gasteiger partial charge in [0.15, 0.2) is 0 Å². The molecule has 0 aromatic carbocycles. The first kappa shape index (κ1) is 14.3. The zero-order valence-corrected chi connectivity index (χ0v) is 12.5. The fourth-order valence-corrected chi connectivity index (χ4v) is 3.26. The highest BCUT2D eigenvalue weighted by molar-refractivity contribution is 7.10. The molecule has 0 spiro atoms. The van der Waals surface area contributed by atoms with Crippen molar-refractivity contribution in [1.82, 2.24) is 5.32 Å². The second-order valence-corrected chi connectivity index (χ2v) is 7.18. The summed E-state index contributed by atoms with van der Waals surface area (Å²) in [5.74, 6) is 0.344. The van der Waals surface area contributed by atoms with E-state index in [9.17, 15) is 0 Å². The predicted octanol–water partition coefficient (Wildman–Crippen LogP) is 2.53. The van der Waals surface area contributed by atoms with Crippen molar-refractivity contribution < 1.29 is 5.21 Å². The average molecular weight is 281 g/mol. The molecule has 0 radical (unpaired) electrons. The minimum Gasteiger partial charge on any atom is -0.409 e. The van der Waals surface area contributed by atoms with Crippen molar-refractivity contribution in [2.24, 2.45) is 16.3 Å². The molecule has 1 aliphatic carbocycles. The Morgan fingerprint density at radius 2 is 2.32 bits per heavy atom. The lowest BCUT2D eigenvalue weighted by Crippen LogP contribution is -2.36. The van der Waals surface area contributed by atoms with Crippen LogP contribution in [0.3, 0.4) is 0 Å². The third-order valence-corrected chi connectivity index (χ3v) is 5.13. The van der Waals surface area contributed by atoms with Gasteiger partial charge in [0, 0.05) is 29.8 Å². The highest BCUT2D eigenvalue weighted by Gasteiger charge is 2.43. The van der Waals surface area contributed by atoms with E-state index < -0.39 is 0 Å². The Bertz CT molecular complexity index is 436. The summed E-state index contributed by atoms with van der Waals surface area (Å²) in [5, 5.41) is 17.4. The van der Waals surface area contributed by atoms with Gasteiger partial charge in [-0.3, -0.25) is 0 Å². The molecule has 0 bridgehead atoms. The molecule has 1 fully saturated rings. The number of rotatable bonds is 7. The average Bonchev–Trinajstić information content (AvgIpc) is 2.92. The molecule has 4 N–H and O–H groups in total. The van der Waals surface area contributed by atoms with Crippen LogP contribution in [-0.2, 0) is 5.41 Å². The quantitative estimate of drug-likeness (QED) is 0.311. The van der Waals surface area contributed by atoms with Gasteiger partial charge in [-0.05, 0) is 29.7 Å². The van der Waals surface area contributed by atoms with Gasteiger partial charge >= 0.3 is 0 Å². The second-order valence-electron chi connectivity index (χ2n) is 6.23. The van der Waals surface area contributed by atoms with Crippen molar-refractivity contribution in [2.45, 2.75) is 38.5 Å². The molecule has 1 aromatic rings. The van der Waals surface area contributed by atoms with Gasteiger partial charge < -0.3 is 16.3 Å². The van der Waals surface area contributed by atoms with Gasteiger partial charge in [-0.1, -0.05) is 25.1 Å². The van der Waals surface area contributed by atoms with Crippen LogP contribution >= 0.6 is 11.3 Å². The molecular formula is C14H23N3OS. The number of thiophene rings is 1. The van der Waals surface area contributed by atoms with E-state index in [-0.39, 0.29) is 10.8 Å². The topological polar surface area (TPSA) is 70.6 Å². The molecule has 0 saturated heterocycles. The van der Waals surface area contributed by atoms with Gasteiger partial charge in [0.1, 0.15) is 5.84 Å². The number of hydrogen-bond donors (Lipinski definition) is 3. The lowest BCUT2D eigenvalue weighted by atomic mass is 9.91. The minimum absolute atomic E-state index is 0.154. The molecule has 1 heterocycles. The maximum atomic E-state index is 8.65. The Balaban J connectivity index is 1.81. The standard InChI is InChI=1S/C14H23N3OS/c1-13(2,11-4-3-7-19-11)9-16-10-14(5-6-14)8-12(15)17-18/h3-4,7,16,18H,5-6,8-10H2,1-2H3,(H2,15,17). The Kier molecular flexibility index (Phi) is 4.16. The molecule has 19 heavy (non-hydrogen) atoms. The summed E-state index contributed by atoms with van der Waals surface area (Å²) < 4.78 is 0. The maximum Gasteiger partial charge on any atom is 0.139 e. The van der Waals surface area contributed by atoms with E-state index in [1.165, 1.54) is 4.88 Å². The van der Waals surface area contributed by atoms with Crippen LogP contribution in [0.2, 0.25) is 0 Å². The molecule has 0 amide bonds. The molecule has 1 saturated carbocycles. The minimum atomic E-state index is 0.154. The monoisotopic (exact) mass is 281 g/mol. The summed E-state index contributed by atoms with van der Waals surface area (Å²) in [7, 11) is 0. The van der Waals surface area contributed by atoms with Crippen LogP contribution in [0, 0.1) is 5.41 Å². The van der Waals surface area contributed by atoms with Crippen LogP contribution in [0.1, 0.15) is 38.0 Å². The molecular weight excluding hydrogens is 258 g/mol. The summed E-state index contributed by atoms with van der Waals surface area (Å²) in [5.41, 5.74) is 5.99. The number of oxime groups is 1. The van der Waals surface area contributed by atoms with E-state index >= 15 is 0 Å². The molecule has 4 nitrogen and oxygen atoms in total. The fourth-order valence-electron chi connectivity index (χ4n) is 2.40. The van der Waals surface area contributed by atoms with Crippen molar-refractivity contribution in [2.75, 3.05) is 13.1 Å². The van der Waals surface area contributed by atoms with Crippen molar-refractivity contribution in [1.29, 1.82) is 0 Å². The van der Waals surface area contributed by atoms with Gasteiger partial charge in [-0.2, -0.15) is 0 Å². The van der Waals surface area contributed by atoms with Gasteiger partial charge in [0.25, 0.3) is 0 Å². The van der Waals surface area contributed by atoms with Crippen LogP contribution < -0.4 is 11.1 Å². The number of amidine groups is 1. The molecule has 0 unspecified atom stereocenters. The van der Waals surface area contributed by atoms with Crippen molar-refractivity contribution in [3.63, 3.8) is 0 Å². The number of nitrogens with zero attached hydrogens (tertiary/aromatic N) is 1. The van der Waals surface area contributed by atoms with Gasteiger partial charge in [-0.25, -0.2) is 0 Å². The van der Waals surface area contributed by atoms with Gasteiger partial charge in [0.05, 0.1) is 0 Å². The molecule has 0 aliphatic heterocycles. The fraction of sp³-hybridized carbons (Fsp3) is 0.643. The smallest absolute Gasteiger partial charge is 0.139 e. The number of nitrogens with one attached hydrogen (secondary N) is 1. The molecule has 0 atom stereocenters. The first-order valence-electron chi connectivity index (χ1n) is 6.69. The van der Waals surface area contributed by atoms with Crippen LogP contribution in [0.4, 0.5) is 0 Å². The van der Waals surface area contributed by atoms with Gasteiger partial charge in [-0.15, -0.1) is 11.3 Å². The molecule has 106 valence electrons. The summed E-state index contributed by atoms with van der Waals surface area (Å²) in [6, 6.07) is 4.29. The normalized spacial score (nSPS) is 18.5. The Morgan fingerprint density at radius 1 is 1.58 bits per heavy atom. The molecule has 1 aliphatic rings. The van der Waals surface area contributed by atoms with Crippen LogP contribution in [-0.4, -0.2) is 24.1 Å². The summed E-state index contributed by atoms with van der Waals surface area (Å²) >= 11 is 1.81. The Morgan fingerprint density at radius 3 is 2.84 bits per heavy atom. The lowest BCUT2D eigenvalue weighted by molar-refractivity contribution is 0.313. The SMILES string of the molecule is CC(C)(CNCC1(C/C(N)=N/O)CC1)c1cccs1. The zero-order chi connectivity index (χ0) is 13.9. The highest BCUT2D eigenvalue weighted by Crippen LogP contribution is 2.48. The van der Waals surface area contributed by atoms with Crippen molar-refractivity contribution in [3.8, 4) is 0 Å². The van der Waals surface area contributed by atoms with Crippen LogP contribution in [0.25, 0.3) is 0 Å². The Labute approximate surface area is 118 Å². The Hall–Kier alpha value is -1.07. The van der Waals surface area contributed by atoms with E-state index in [0.29, 0.717) is 12.3 Å². The van der Waals surface area contributed by atoms with E-state index in [4.69, 9.17) is 10.9 Å². The third-order valence-electron chi connectivity index (χ3n) is 3.90. The first-order chi connectivity index (χ1) is 8.97. The lowest BCUT2D eigenvalue weighted by Gasteiger charge is -2.25. The predicted molar refractivity (Wildman–Crippen MR) is 79.9 cm³/mol. The highest BCUT2D eigenvalue weighted by atomic mass is 32.1. The summed E-state index contributed by atoms with van der Waals surface area (Å²) in [4.78, 5) is 1.40.